The summed E-state index contributed by atoms with van der Waals surface area (Å²) in [5.41, 5.74) is -0.169. The Morgan fingerprint density at radius 1 is 1.10 bits per heavy atom. The van der Waals surface area contributed by atoms with Crippen LogP contribution in [0.25, 0.3) is 11.1 Å². The number of pyridine rings is 1. The van der Waals surface area contributed by atoms with Crippen molar-refractivity contribution in [1.82, 2.24) is 15.2 Å². The summed E-state index contributed by atoms with van der Waals surface area (Å²) in [5, 5.41) is 19.5. The highest BCUT2D eigenvalue weighted by Crippen LogP contribution is 2.34. The van der Waals surface area contributed by atoms with Gasteiger partial charge in [0.1, 0.15) is 17.5 Å². The SMILES string of the molecule is O=C(O)c1nncc(-c2c(F)cccc2F)c1Nc1ccc(N2CCOCC2)cn1. The van der Waals surface area contributed by atoms with Crippen LogP contribution in [0.15, 0.2) is 42.7 Å². The van der Waals surface area contributed by atoms with Crippen molar-refractivity contribution in [1.29, 1.82) is 0 Å². The number of carboxylic acid groups (broad SMARTS) is 1. The predicted molar refractivity (Wildman–Crippen MR) is 105 cm³/mol. The van der Waals surface area contributed by atoms with Gasteiger partial charge in [-0.25, -0.2) is 18.6 Å². The molecule has 1 aliphatic heterocycles. The molecule has 10 heteroatoms. The third-order valence-corrected chi connectivity index (χ3v) is 4.66. The van der Waals surface area contributed by atoms with Gasteiger partial charge in [-0.3, -0.25) is 0 Å². The maximum Gasteiger partial charge on any atom is 0.358 e. The number of aromatic carboxylic acids is 1. The number of ether oxygens (including phenoxy) is 1. The van der Waals surface area contributed by atoms with Crippen molar-refractivity contribution >= 4 is 23.2 Å². The smallest absolute Gasteiger partial charge is 0.358 e. The second-order valence-corrected chi connectivity index (χ2v) is 6.51. The summed E-state index contributed by atoms with van der Waals surface area (Å²) in [6, 6.07) is 6.86. The molecule has 0 unspecified atom stereocenters. The van der Waals surface area contributed by atoms with Crippen LogP contribution in [0.1, 0.15) is 10.5 Å². The van der Waals surface area contributed by atoms with Gasteiger partial charge in [0.15, 0.2) is 5.69 Å². The van der Waals surface area contributed by atoms with E-state index in [1.165, 1.54) is 6.07 Å². The molecule has 2 N–H and O–H groups in total. The molecule has 1 saturated heterocycles. The average Bonchev–Trinajstić information content (AvgIpc) is 2.75. The van der Waals surface area contributed by atoms with Crippen LogP contribution < -0.4 is 10.2 Å². The maximum absolute atomic E-state index is 14.4. The van der Waals surface area contributed by atoms with Gasteiger partial charge in [0.2, 0.25) is 0 Å². The molecule has 0 bridgehead atoms. The number of hydrogen-bond donors (Lipinski definition) is 2. The van der Waals surface area contributed by atoms with Gasteiger partial charge in [0, 0.05) is 18.7 Å². The van der Waals surface area contributed by atoms with Gasteiger partial charge in [0.05, 0.1) is 42.5 Å². The topological polar surface area (TPSA) is 100 Å². The first-order valence-corrected chi connectivity index (χ1v) is 9.13. The summed E-state index contributed by atoms with van der Waals surface area (Å²) < 4.78 is 34.0. The average molecular weight is 413 g/mol. The Morgan fingerprint density at radius 3 is 2.47 bits per heavy atom. The molecule has 0 spiro atoms. The standard InChI is InChI=1S/C20H17F2N5O3/c21-14-2-1-3-15(22)17(14)13-11-24-26-19(20(28)29)18(13)25-16-5-4-12(10-23-16)27-6-8-30-9-7-27/h1-5,10-11H,6-9H2,(H,28,29)(H,23,24,25). The number of hydrogen-bond acceptors (Lipinski definition) is 7. The number of carboxylic acids is 1. The molecule has 4 rings (SSSR count). The molecule has 3 aromatic rings. The zero-order valence-electron chi connectivity index (χ0n) is 15.7. The molecule has 8 nitrogen and oxygen atoms in total. The number of rotatable bonds is 5. The molecular weight excluding hydrogens is 396 g/mol. The van der Waals surface area contributed by atoms with Gasteiger partial charge in [-0.2, -0.15) is 5.10 Å². The van der Waals surface area contributed by atoms with Crippen molar-refractivity contribution in [3.8, 4) is 11.1 Å². The summed E-state index contributed by atoms with van der Waals surface area (Å²) in [5.74, 6) is -2.80. The van der Waals surface area contributed by atoms with Crippen LogP contribution in [-0.4, -0.2) is 52.6 Å². The lowest BCUT2D eigenvalue weighted by Gasteiger charge is -2.28. The quantitative estimate of drug-likeness (QED) is 0.658. The number of halogens is 2. The van der Waals surface area contributed by atoms with Crippen LogP contribution >= 0.6 is 0 Å². The van der Waals surface area contributed by atoms with Crippen molar-refractivity contribution < 1.29 is 23.4 Å². The first kappa shape index (κ1) is 19.6. The van der Waals surface area contributed by atoms with E-state index in [9.17, 15) is 18.7 Å². The van der Waals surface area contributed by atoms with Gasteiger partial charge < -0.3 is 20.1 Å². The fourth-order valence-corrected chi connectivity index (χ4v) is 3.20. The number of morpholine rings is 1. The first-order valence-electron chi connectivity index (χ1n) is 9.13. The van der Waals surface area contributed by atoms with Gasteiger partial charge in [-0.15, -0.1) is 5.10 Å². The minimum absolute atomic E-state index is 0.0722. The Morgan fingerprint density at radius 2 is 1.83 bits per heavy atom. The predicted octanol–water partition coefficient (Wildman–Crippen LogP) is 3.10. The van der Waals surface area contributed by atoms with Gasteiger partial charge in [-0.1, -0.05) is 6.07 Å². The molecule has 154 valence electrons. The van der Waals surface area contributed by atoms with Crippen molar-refractivity contribution in [2.45, 2.75) is 0 Å². The lowest BCUT2D eigenvalue weighted by Crippen LogP contribution is -2.36. The van der Waals surface area contributed by atoms with Crippen LogP contribution in [0.5, 0.6) is 0 Å². The van der Waals surface area contributed by atoms with Crippen molar-refractivity contribution in [3.05, 3.63) is 60.1 Å². The molecule has 0 atom stereocenters. The van der Waals surface area contributed by atoms with E-state index in [4.69, 9.17) is 4.74 Å². The fraction of sp³-hybridized carbons (Fsp3) is 0.200. The summed E-state index contributed by atoms with van der Waals surface area (Å²) >= 11 is 0. The Labute approximate surface area is 170 Å². The van der Waals surface area contributed by atoms with Crippen LogP contribution in [0, 0.1) is 11.6 Å². The molecule has 1 aromatic carbocycles. The van der Waals surface area contributed by atoms with E-state index in [2.05, 4.69) is 25.4 Å². The minimum Gasteiger partial charge on any atom is -0.476 e. The van der Waals surface area contributed by atoms with Crippen molar-refractivity contribution in [2.24, 2.45) is 0 Å². The van der Waals surface area contributed by atoms with E-state index in [-0.39, 0.29) is 11.3 Å². The Bertz CT molecular complexity index is 1050. The van der Waals surface area contributed by atoms with Crippen molar-refractivity contribution in [2.75, 3.05) is 36.5 Å². The molecule has 0 saturated carbocycles. The Kier molecular flexibility index (Phi) is 5.48. The van der Waals surface area contributed by atoms with Crippen LogP contribution in [-0.2, 0) is 4.74 Å². The third-order valence-electron chi connectivity index (χ3n) is 4.66. The molecule has 0 amide bonds. The molecule has 1 aliphatic rings. The van der Waals surface area contributed by atoms with Crippen LogP contribution in [0.2, 0.25) is 0 Å². The highest BCUT2D eigenvalue weighted by Gasteiger charge is 2.23. The number of carbonyl (C=O) groups is 1. The lowest BCUT2D eigenvalue weighted by atomic mass is 10.0. The molecule has 0 aliphatic carbocycles. The number of nitrogens with one attached hydrogen (secondary N) is 1. The second-order valence-electron chi connectivity index (χ2n) is 6.51. The monoisotopic (exact) mass is 413 g/mol. The number of anilines is 3. The molecule has 2 aromatic heterocycles. The molecule has 3 heterocycles. The highest BCUT2D eigenvalue weighted by molar-refractivity contribution is 5.98. The first-order chi connectivity index (χ1) is 14.5. The van der Waals surface area contributed by atoms with E-state index in [0.29, 0.717) is 19.0 Å². The van der Waals surface area contributed by atoms with Crippen molar-refractivity contribution in [3.63, 3.8) is 0 Å². The van der Waals surface area contributed by atoms with Gasteiger partial charge >= 0.3 is 5.97 Å². The molecular formula is C20H17F2N5O3. The molecule has 1 fully saturated rings. The van der Waals surface area contributed by atoms with E-state index in [0.717, 1.165) is 37.1 Å². The van der Waals surface area contributed by atoms with Crippen LogP contribution in [0.4, 0.5) is 26.0 Å². The zero-order chi connectivity index (χ0) is 21.1. The lowest BCUT2D eigenvalue weighted by molar-refractivity contribution is 0.0690. The molecule has 0 radical (unpaired) electrons. The van der Waals surface area contributed by atoms with E-state index in [1.807, 2.05) is 6.07 Å². The number of benzene rings is 1. The third kappa shape index (κ3) is 3.90. The van der Waals surface area contributed by atoms with Crippen LogP contribution in [0.3, 0.4) is 0 Å². The number of aromatic nitrogens is 3. The fourth-order valence-electron chi connectivity index (χ4n) is 3.20. The van der Waals surface area contributed by atoms with E-state index >= 15 is 0 Å². The van der Waals surface area contributed by atoms with Gasteiger partial charge in [-0.05, 0) is 24.3 Å². The summed E-state index contributed by atoms with van der Waals surface area (Å²) in [6.45, 7) is 2.73. The van der Waals surface area contributed by atoms with E-state index in [1.54, 1.807) is 12.3 Å². The number of nitrogens with zero attached hydrogens (tertiary/aromatic N) is 4. The van der Waals surface area contributed by atoms with E-state index < -0.39 is 28.9 Å². The van der Waals surface area contributed by atoms with Gasteiger partial charge in [0.25, 0.3) is 0 Å². The normalized spacial score (nSPS) is 13.9. The summed E-state index contributed by atoms with van der Waals surface area (Å²) in [7, 11) is 0. The second kappa shape index (κ2) is 8.37. The summed E-state index contributed by atoms with van der Waals surface area (Å²) in [6.07, 6.45) is 2.74. The maximum atomic E-state index is 14.4. The Balaban J connectivity index is 1.72. The largest absolute Gasteiger partial charge is 0.476 e. The Hall–Kier alpha value is -3.66. The zero-order valence-corrected chi connectivity index (χ0v) is 15.7. The molecule has 30 heavy (non-hydrogen) atoms. The highest BCUT2D eigenvalue weighted by atomic mass is 19.1. The minimum atomic E-state index is -1.39. The summed E-state index contributed by atoms with van der Waals surface area (Å²) in [4.78, 5) is 18.1.